The molecule has 0 fully saturated rings. The van der Waals surface area contributed by atoms with Crippen LogP contribution in [0.3, 0.4) is 0 Å². The van der Waals surface area contributed by atoms with Crippen molar-refractivity contribution in [1.29, 1.82) is 0 Å². The van der Waals surface area contributed by atoms with E-state index in [-0.39, 0.29) is 21.7 Å². The molecular weight excluding hydrogens is 1050 g/mol. The van der Waals surface area contributed by atoms with Crippen molar-refractivity contribution >= 4 is 70.9 Å². The second-order valence-electron chi connectivity index (χ2n) is 23.7. The second kappa shape index (κ2) is 15.6. The number of pyridine rings is 1. The zero-order chi connectivity index (χ0) is 49.7. The van der Waals surface area contributed by atoms with E-state index in [9.17, 15) is 0 Å². The van der Waals surface area contributed by atoms with Crippen molar-refractivity contribution in [1.82, 2.24) is 23.1 Å². The van der Waals surface area contributed by atoms with Crippen LogP contribution in [0.25, 0.3) is 88.1 Å². The van der Waals surface area contributed by atoms with Gasteiger partial charge < -0.3 is 4.40 Å². The Morgan fingerprint density at radius 3 is 1.70 bits per heavy atom. The summed E-state index contributed by atoms with van der Waals surface area (Å²) < 4.78 is 17.5. The predicted molar refractivity (Wildman–Crippen MR) is 292 cm³/mol. The van der Waals surface area contributed by atoms with Crippen LogP contribution in [0, 0.1) is 15.9 Å². The second-order valence-corrected chi connectivity index (χ2v) is 24.7. The number of aromatic nitrogens is 5. The Hall–Kier alpha value is -6.75. The Morgan fingerprint density at radius 1 is 0.437 bits per heavy atom. The molecule has 7 aromatic carbocycles. The molecule has 0 saturated heterocycles. The molecule has 7 heteroatoms. The Bertz CT molecular complexity index is 4170. The minimum absolute atomic E-state index is 0.0274. The van der Waals surface area contributed by atoms with Gasteiger partial charge in [0.2, 0.25) is 0 Å². The zero-order valence-electron chi connectivity index (χ0n) is 42.7. The number of benzene rings is 7. The zero-order valence-corrected chi connectivity index (χ0v) is 45.0. The third kappa shape index (κ3) is 7.30. The van der Waals surface area contributed by atoms with Crippen molar-refractivity contribution in [3.63, 3.8) is 0 Å². The Labute approximate surface area is 426 Å². The van der Waals surface area contributed by atoms with Gasteiger partial charge >= 0.3 is 300 Å². The fraction of sp³-hybridized carbons (Fsp3) is 0.250. The number of ether oxygens (including phenoxy) is 1. The van der Waals surface area contributed by atoms with Crippen LogP contribution in [0.1, 0.15) is 105 Å². The first-order chi connectivity index (χ1) is 33.6. The molecule has 71 heavy (non-hydrogen) atoms. The molecule has 0 N–H and O–H groups in total. The van der Waals surface area contributed by atoms with Gasteiger partial charge in [-0.1, -0.05) is 57.2 Å². The van der Waals surface area contributed by atoms with Crippen molar-refractivity contribution in [2.24, 2.45) is 0 Å². The minimum atomic E-state index is -0.186. The maximum atomic E-state index is 7.03. The van der Waals surface area contributed by atoms with Crippen LogP contribution in [0.4, 0.5) is 0 Å². The van der Waals surface area contributed by atoms with E-state index in [2.05, 4.69) is 266 Å². The van der Waals surface area contributed by atoms with Gasteiger partial charge in [0, 0.05) is 27.7 Å². The van der Waals surface area contributed by atoms with Crippen LogP contribution < -0.4 is 4.74 Å². The van der Waals surface area contributed by atoms with Crippen LogP contribution >= 0.6 is 0 Å². The van der Waals surface area contributed by atoms with Gasteiger partial charge in [0.25, 0.3) is 0 Å². The van der Waals surface area contributed by atoms with Crippen LogP contribution in [0.2, 0.25) is 0 Å². The number of nitrogens with zero attached hydrogens (tertiary/aromatic N) is 5. The number of para-hydroxylation sites is 4. The number of hydrogen-bond donors (Lipinski definition) is 0. The molecule has 0 aliphatic carbocycles. The summed E-state index contributed by atoms with van der Waals surface area (Å²) in [6, 6.07) is 56.7. The van der Waals surface area contributed by atoms with Crippen LogP contribution in [-0.4, -0.2) is 23.1 Å². The van der Waals surface area contributed by atoms with Gasteiger partial charge in [-0.05, 0) is 23.1 Å². The molecule has 0 saturated carbocycles. The molecule has 6 nitrogen and oxygen atoms in total. The summed E-state index contributed by atoms with van der Waals surface area (Å²) in [6.07, 6.45) is 1.94. The molecule has 0 radical (unpaired) electrons. The first-order valence-corrected chi connectivity index (χ1v) is 25.9. The fourth-order valence-electron chi connectivity index (χ4n) is 10.6. The van der Waals surface area contributed by atoms with Crippen molar-refractivity contribution < 1.29 is 24.1 Å². The maximum absolute atomic E-state index is 7.03. The molecular formula is C64H59N5OPt-2. The third-order valence-electron chi connectivity index (χ3n) is 14.6. The quantitative estimate of drug-likeness (QED) is 0.161. The summed E-state index contributed by atoms with van der Waals surface area (Å²) in [5.74, 6) is 2.08. The topological polar surface area (TPSA) is 41.3 Å². The fourth-order valence-corrected chi connectivity index (χ4v) is 11.7. The molecule has 0 unspecified atom stereocenters. The number of rotatable bonds is 5. The SMILES string of the molecule is CC(C)(C)c1cc(Oc2[c-]c3c(cc2)c2cc4c5cccc6c7ccccc7n(c4cc2n3-c2cc(C(C)(C)C)ccn2)c65)[c-]c(-n2[c](=[Pt])n(-c3cc(C(C)(C)C)cc(C(C)(C)C)c3)c3ccccc32)c1. The van der Waals surface area contributed by atoms with Gasteiger partial charge in [0.05, 0.1) is 16.6 Å². The normalized spacial score (nSPS) is 13.2. The molecule has 12 aromatic rings. The average molecular weight is 1110 g/mol. The summed E-state index contributed by atoms with van der Waals surface area (Å²) in [4.78, 5) is 5.08. The molecule has 0 aliphatic rings. The van der Waals surface area contributed by atoms with Crippen molar-refractivity contribution in [3.8, 4) is 28.7 Å². The summed E-state index contributed by atoms with van der Waals surface area (Å²) in [5, 5.41) is 7.25. The van der Waals surface area contributed by atoms with Gasteiger partial charge in [-0.3, -0.25) is 0 Å². The summed E-state index contributed by atoms with van der Waals surface area (Å²) in [6.45, 7) is 27.3. The van der Waals surface area contributed by atoms with E-state index < -0.39 is 0 Å². The summed E-state index contributed by atoms with van der Waals surface area (Å²) >= 11 is 2.51. The van der Waals surface area contributed by atoms with Gasteiger partial charge in [-0.15, -0.1) is 0 Å². The van der Waals surface area contributed by atoms with E-state index in [1.54, 1.807) is 0 Å². The van der Waals surface area contributed by atoms with Gasteiger partial charge in [-0.2, -0.15) is 0 Å². The Balaban J connectivity index is 1.06. The van der Waals surface area contributed by atoms with E-state index in [1.807, 2.05) is 6.20 Å². The van der Waals surface area contributed by atoms with Gasteiger partial charge in [-0.25, -0.2) is 0 Å². The molecule has 0 spiro atoms. The molecule has 0 atom stereocenters. The standard InChI is InChI=1S/C64H59N5O.Pt/c1-61(2,3)39-26-27-65-59(33-39)68-56-35-45(24-25-48(56)51-36-52-50-20-17-19-49-47-18-13-14-21-53(47)69(60(49)50)58(52)37-57(51)68)70-46-32-42(64(10,11)12)31-44(34-46)67-38-66(54-22-15-16-23-55(54)67)43-29-40(62(4,5)6)28-41(30-43)63(7,8)9;/h13-33,36-37H,1-12H3;/q-2;. The third-order valence-corrected chi connectivity index (χ3v) is 15.6. The molecule has 0 bridgehead atoms. The predicted octanol–water partition coefficient (Wildman–Crippen LogP) is 16.7. The summed E-state index contributed by atoms with van der Waals surface area (Å²) in [5.41, 5.74) is 14.6. The Morgan fingerprint density at radius 2 is 1.03 bits per heavy atom. The monoisotopic (exact) mass is 1110 g/mol. The first kappa shape index (κ1) is 45.4. The van der Waals surface area contributed by atoms with Crippen molar-refractivity contribution in [2.45, 2.75) is 105 Å². The molecule has 0 amide bonds. The summed E-state index contributed by atoms with van der Waals surface area (Å²) in [7, 11) is 0. The van der Waals surface area contributed by atoms with Crippen molar-refractivity contribution in [2.75, 3.05) is 0 Å². The van der Waals surface area contributed by atoms with Crippen LogP contribution in [0.15, 0.2) is 140 Å². The van der Waals surface area contributed by atoms with E-state index in [0.29, 0.717) is 11.5 Å². The first-order valence-electron chi connectivity index (χ1n) is 24.8. The molecule has 12 rings (SSSR count). The van der Waals surface area contributed by atoms with Crippen molar-refractivity contribution in [3.05, 3.63) is 178 Å². The van der Waals surface area contributed by atoms with E-state index in [1.165, 1.54) is 54.8 Å². The van der Waals surface area contributed by atoms with Crippen LogP contribution in [0.5, 0.6) is 11.5 Å². The molecule has 5 aromatic heterocycles. The number of imidazole rings is 1. The molecule has 358 valence electrons. The van der Waals surface area contributed by atoms with Gasteiger partial charge in [0.15, 0.2) is 0 Å². The number of fused-ring (bicyclic) bond motifs is 10. The van der Waals surface area contributed by atoms with E-state index in [0.717, 1.165) is 59.4 Å². The molecule has 0 aliphatic heterocycles. The average Bonchev–Trinajstić information content (AvgIpc) is 4.03. The molecule has 5 heterocycles. The number of hydrogen-bond acceptors (Lipinski definition) is 2. The van der Waals surface area contributed by atoms with E-state index in [4.69, 9.17) is 9.72 Å². The van der Waals surface area contributed by atoms with E-state index >= 15 is 0 Å². The Kier molecular flexibility index (Phi) is 9.99. The van der Waals surface area contributed by atoms with Gasteiger partial charge in [0.1, 0.15) is 0 Å². The van der Waals surface area contributed by atoms with Crippen LogP contribution in [-0.2, 0) is 41.0 Å².